The number of carbonyl (C=O) groups is 1. The number of nitrogens with two attached hydrogens (primary N) is 1. The number of allylic oxidation sites excluding steroid dienone is 1. The summed E-state index contributed by atoms with van der Waals surface area (Å²) < 4.78 is 0. The maximum absolute atomic E-state index is 12.0. The Kier molecular flexibility index (Phi) is 7.66. The highest BCUT2D eigenvalue weighted by atomic mass is 16.1. The lowest BCUT2D eigenvalue weighted by molar-refractivity contribution is 0.104. The highest BCUT2D eigenvalue weighted by molar-refractivity contribution is 6.04. The first-order valence-corrected chi connectivity index (χ1v) is 7.46. The summed E-state index contributed by atoms with van der Waals surface area (Å²) in [6.45, 7) is 4.93. The fourth-order valence-electron chi connectivity index (χ4n) is 2.07. The molecule has 0 radical (unpaired) electrons. The molecular weight excluding hydrogens is 248 g/mol. The summed E-state index contributed by atoms with van der Waals surface area (Å²) in [5.74, 6) is -0.0356. The average Bonchev–Trinajstić information content (AvgIpc) is 2.48. The van der Waals surface area contributed by atoms with Crippen LogP contribution in [0.2, 0.25) is 0 Å². The van der Waals surface area contributed by atoms with Gasteiger partial charge in [-0.1, -0.05) is 57.0 Å². The van der Waals surface area contributed by atoms with Crippen LogP contribution in [0.4, 0.5) is 0 Å². The maximum Gasteiger partial charge on any atom is 0.187 e. The van der Waals surface area contributed by atoms with Crippen molar-refractivity contribution < 1.29 is 4.79 Å². The van der Waals surface area contributed by atoms with Crippen LogP contribution in [0.25, 0.3) is 0 Å². The summed E-state index contributed by atoms with van der Waals surface area (Å²) in [4.78, 5) is 12.0. The van der Waals surface area contributed by atoms with Gasteiger partial charge in [0, 0.05) is 29.9 Å². The summed E-state index contributed by atoms with van der Waals surface area (Å²) in [7, 11) is 0. The van der Waals surface area contributed by atoms with Crippen LogP contribution in [-0.2, 0) is 0 Å². The van der Waals surface area contributed by atoms with Crippen LogP contribution in [0.3, 0.4) is 0 Å². The number of rotatable bonds is 9. The van der Waals surface area contributed by atoms with Crippen molar-refractivity contribution >= 4 is 5.78 Å². The molecule has 0 saturated heterocycles. The second kappa shape index (κ2) is 9.32. The van der Waals surface area contributed by atoms with Gasteiger partial charge in [0.05, 0.1) is 0 Å². The molecule has 1 aromatic carbocycles. The molecule has 3 N–H and O–H groups in total. The molecule has 0 aliphatic rings. The maximum atomic E-state index is 12.0. The second-order valence-corrected chi connectivity index (χ2v) is 5.08. The third kappa shape index (κ3) is 6.02. The monoisotopic (exact) mass is 274 g/mol. The van der Waals surface area contributed by atoms with Crippen molar-refractivity contribution in [3.63, 3.8) is 0 Å². The molecule has 0 heterocycles. The highest BCUT2D eigenvalue weighted by Gasteiger charge is 2.06. The fraction of sp³-hybridized carbons (Fsp3) is 0.471. The number of nitrogens with one attached hydrogen (secondary N) is 1. The topological polar surface area (TPSA) is 55.1 Å². The van der Waals surface area contributed by atoms with Gasteiger partial charge in [0.25, 0.3) is 0 Å². The van der Waals surface area contributed by atoms with Gasteiger partial charge in [0.1, 0.15) is 0 Å². The summed E-state index contributed by atoms with van der Waals surface area (Å²) in [6.07, 6.45) is 6.19. The van der Waals surface area contributed by atoms with Crippen LogP contribution < -0.4 is 11.1 Å². The van der Waals surface area contributed by atoms with E-state index in [9.17, 15) is 4.79 Å². The van der Waals surface area contributed by atoms with Crippen molar-refractivity contribution in [2.45, 2.75) is 45.6 Å². The van der Waals surface area contributed by atoms with E-state index in [2.05, 4.69) is 19.2 Å². The lowest BCUT2D eigenvalue weighted by Gasteiger charge is -2.16. The van der Waals surface area contributed by atoms with E-state index in [4.69, 9.17) is 5.73 Å². The fourth-order valence-corrected chi connectivity index (χ4v) is 2.07. The Bertz CT molecular complexity index is 426. The molecular formula is C17H26N2O. The van der Waals surface area contributed by atoms with Crippen molar-refractivity contribution in [2.24, 2.45) is 5.73 Å². The van der Waals surface area contributed by atoms with Crippen LogP contribution >= 0.6 is 0 Å². The molecule has 0 aliphatic carbocycles. The molecule has 1 rings (SSSR count). The third-order valence-electron chi connectivity index (χ3n) is 3.37. The van der Waals surface area contributed by atoms with Crippen LogP contribution in [-0.4, -0.2) is 18.4 Å². The van der Waals surface area contributed by atoms with Gasteiger partial charge >= 0.3 is 0 Å². The number of unbranched alkanes of at least 4 members (excludes halogenated alkanes) is 1. The quantitative estimate of drug-likeness (QED) is 0.537. The van der Waals surface area contributed by atoms with Gasteiger partial charge in [-0.2, -0.15) is 0 Å². The first-order chi connectivity index (χ1) is 9.67. The van der Waals surface area contributed by atoms with Gasteiger partial charge in [0.2, 0.25) is 0 Å². The normalized spacial score (nSPS) is 13.2. The summed E-state index contributed by atoms with van der Waals surface area (Å²) in [6, 6.07) is 9.69. The lowest BCUT2D eigenvalue weighted by atomic mass is 10.1. The average molecular weight is 274 g/mol. The largest absolute Gasteiger partial charge is 0.401 e. The van der Waals surface area contributed by atoms with Crippen LogP contribution in [0.1, 0.15) is 49.9 Å². The minimum atomic E-state index is -0.0356. The van der Waals surface area contributed by atoms with E-state index in [0.717, 1.165) is 12.8 Å². The molecule has 1 atom stereocenters. The van der Waals surface area contributed by atoms with Gasteiger partial charge < -0.3 is 11.1 Å². The smallest absolute Gasteiger partial charge is 0.187 e. The Balaban J connectivity index is 2.47. The molecule has 3 nitrogen and oxygen atoms in total. The van der Waals surface area contributed by atoms with E-state index in [1.54, 1.807) is 12.1 Å². The molecule has 1 aromatic rings. The first-order valence-electron chi connectivity index (χ1n) is 7.46. The van der Waals surface area contributed by atoms with Gasteiger partial charge in [-0.25, -0.2) is 0 Å². The predicted octanol–water partition coefficient (Wildman–Crippen LogP) is 3.27. The van der Waals surface area contributed by atoms with E-state index < -0.39 is 0 Å². The van der Waals surface area contributed by atoms with Crippen LogP contribution in [0.15, 0.2) is 42.1 Å². The molecule has 3 heteroatoms. The van der Waals surface area contributed by atoms with Gasteiger partial charge in [-0.05, 0) is 12.8 Å². The van der Waals surface area contributed by atoms with Crippen LogP contribution in [0.5, 0.6) is 0 Å². The lowest BCUT2D eigenvalue weighted by Crippen LogP contribution is -2.32. The number of hydrogen-bond acceptors (Lipinski definition) is 3. The molecule has 0 bridgehead atoms. The highest BCUT2D eigenvalue weighted by Crippen LogP contribution is 2.05. The number of hydrogen-bond donors (Lipinski definition) is 2. The van der Waals surface area contributed by atoms with E-state index in [1.165, 1.54) is 18.9 Å². The number of ketones is 1. The molecule has 0 aliphatic heterocycles. The Labute approximate surface area is 122 Å². The third-order valence-corrected chi connectivity index (χ3v) is 3.37. The number of benzene rings is 1. The molecule has 0 fully saturated rings. The predicted molar refractivity (Wildman–Crippen MR) is 84.6 cm³/mol. The zero-order valence-electron chi connectivity index (χ0n) is 12.6. The van der Waals surface area contributed by atoms with Gasteiger partial charge in [-0.3, -0.25) is 4.79 Å². The Morgan fingerprint density at radius 2 is 2.00 bits per heavy atom. The SMILES string of the molecule is CCCCC(CC)NC/C(N)=C/C(=O)c1ccccc1. The Morgan fingerprint density at radius 1 is 1.30 bits per heavy atom. The van der Waals surface area contributed by atoms with Crippen molar-refractivity contribution in [3.8, 4) is 0 Å². The number of carbonyl (C=O) groups excluding carboxylic acids is 1. The minimum Gasteiger partial charge on any atom is -0.401 e. The Morgan fingerprint density at radius 3 is 2.60 bits per heavy atom. The minimum absolute atomic E-state index is 0.0356. The summed E-state index contributed by atoms with van der Waals surface area (Å²) in [5.41, 5.74) is 7.19. The van der Waals surface area contributed by atoms with Gasteiger partial charge in [-0.15, -0.1) is 0 Å². The van der Waals surface area contributed by atoms with Crippen molar-refractivity contribution in [1.82, 2.24) is 5.32 Å². The summed E-state index contributed by atoms with van der Waals surface area (Å²) in [5, 5.41) is 3.42. The van der Waals surface area contributed by atoms with E-state index in [-0.39, 0.29) is 5.78 Å². The molecule has 20 heavy (non-hydrogen) atoms. The summed E-state index contributed by atoms with van der Waals surface area (Å²) >= 11 is 0. The Hall–Kier alpha value is -1.61. The van der Waals surface area contributed by atoms with E-state index in [1.807, 2.05) is 18.2 Å². The first kappa shape index (κ1) is 16.4. The van der Waals surface area contributed by atoms with Crippen molar-refractivity contribution in [2.75, 3.05) is 6.54 Å². The van der Waals surface area contributed by atoms with E-state index in [0.29, 0.717) is 23.8 Å². The molecule has 0 amide bonds. The van der Waals surface area contributed by atoms with Gasteiger partial charge in [0.15, 0.2) is 5.78 Å². The molecule has 0 aromatic heterocycles. The zero-order valence-corrected chi connectivity index (χ0v) is 12.6. The standard InChI is InChI=1S/C17H26N2O/c1-3-5-11-16(4-2)19-13-15(18)12-17(20)14-9-7-6-8-10-14/h6-10,12,16,19H,3-5,11,13,18H2,1-2H3/b15-12-. The zero-order chi connectivity index (χ0) is 14.8. The van der Waals surface area contributed by atoms with Crippen LogP contribution in [0, 0.1) is 0 Å². The molecule has 0 saturated carbocycles. The second-order valence-electron chi connectivity index (χ2n) is 5.08. The van der Waals surface area contributed by atoms with Crippen molar-refractivity contribution in [3.05, 3.63) is 47.7 Å². The van der Waals surface area contributed by atoms with E-state index >= 15 is 0 Å². The van der Waals surface area contributed by atoms with Crippen molar-refractivity contribution in [1.29, 1.82) is 0 Å². The molecule has 1 unspecified atom stereocenters. The molecule has 0 spiro atoms. The molecule has 110 valence electrons.